The fourth-order valence-electron chi connectivity index (χ4n) is 2.05. The molecule has 0 bridgehead atoms. The Kier molecular flexibility index (Phi) is 6.81. The summed E-state index contributed by atoms with van der Waals surface area (Å²) in [7, 11) is -0.787. The molecule has 0 aromatic heterocycles. The summed E-state index contributed by atoms with van der Waals surface area (Å²) >= 11 is 0. The lowest BCUT2D eigenvalue weighted by Gasteiger charge is -2.29. The molecule has 1 fully saturated rings. The Bertz CT molecular complexity index is 291. The maximum atomic E-state index is 11.8. The van der Waals surface area contributed by atoms with E-state index in [4.69, 9.17) is 5.73 Å². The van der Waals surface area contributed by atoms with Crippen molar-refractivity contribution in [3.8, 4) is 0 Å². The van der Waals surface area contributed by atoms with Gasteiger partial charge < -0.3 is 11.1 Å². The van der Waals surface area contributed by atoms with Gasteiger partial charge in [0, 0.05) is 48.0 Å². The Hall–Kier alpha value is -0.460. The van der Waals surface area contributed by atoms with E-state index >= 15 is 0 Å². The zero-order chi connectivity index (χ0) is 13.5. The van der Waals surface area contributed by atoms with Crippen LogP contribution in [-0.2, 0) is 15.6 Å². The van der Waals surface area contributed by atoms with Crippen molar-refractivity contribution in [1.29, 1.82) is 0 Å². The summed E-state index contributed by atoms with van der Waals surface area (Å²) in [5.41, 5.74) is 5.82. The number of rotatable bonds is 6. The Morgan fingerprint density at radius 1 is 1.50 bits per heavy atom. The van der Waals surface area contributed by atoms with Crippen LogP contribution in [0.4, 0.5) is 0 Å². The Morgan fingerprint density at radius 2 is 2.11 bits per heavy atom. The van der Waals surface area contributed by atoms with Crippen molar-refractivity contribution in [1.82, 2.24) is 10.2 Å². The summed E-state index contributed by atoms with van der Waals surface area (Å²) in [5.74, 6) is 0.694. The first-order valence-corrected chi connectivity index (χ1v) is 8.27. The molecule has 1 saturated heterocycles. The molecule has 1 aliphatic heterocycles. The summed E-state index contributed by atoms with van der Waals surface area (Å²) in [5, 5.41) is 2.95. The first-order chi connectivity index (χ1) is 8.47. The van der Waals surface area contributed by atoms with Crippen molar-refractivity contribution in [2.24, 2.45) is 5.73 Å². The molecule has 0 saturated carbocycles. The molecular weight excluding hydrogens is 250 g/mol. The van der Waals surface area contributed by atoms with E-state index in [1.807, 2.05) is 6.92 Å². The van der Waals surface area contributed by atoms with Gasteiger partial charge in [-0.15, -0.1) is 0 Å². The normalized spacial score (nSPS) is 21.5. The minimum absolute atomic E-state index is 0.0554. The van der Waals surface area contributed by atoms with Gasteiger partial charge in [0.05, 0.1) is 6.54 Å². The Balaban J connectivity index is 2.18. The van der Waals surface area contributed by atoms with E-state index in [0.717, 1.165) is 32.4 Å². The molecule has 106 valence electrons. The van der Waals surface area contributed by atoms with E-state index < -0.39 is 10.8 Å². The summed E-state index contributed by atoms with van der Waals surface area (Å²) in [6.07, 6.45) is 4.39. The lowest BCUT2D eigenvalue weighted by Crippen LogP contribution is -2.46. The highest BCUT2D eigenvalue weighted by atomic mass is 32.2. The van der Waals surface area contributed by atoms with Crippen molar-refractivity contribution < 1.29 is 9.00 Å². The molecule has 0 aromatic carbocycles. The molecule has 0 spiro atoms. The standard InChI is InChI=1S/C12H25N3O2S/c1-10(5-8-18(2)17)14-12(16)9-15-6-3-11(13)4-7-15/h10-11H,3-9,13H2,1-2H3,(H,14,16). The van der Waals surface area contributed by atoms with Crippen molar-refractivity contribution in [3.63, 3.8) is 0 Å². The summed E-state index contributed by atoms with van der Waals surface area (Å²) in [6, 6.07) is 0.385. The Morgan fingerprint density at radius 3 is 2.67 bits per heavy atom. The molecule has 5 nitrogen and oxygen atoms in total. The van der Waals surface area contributed by atoms with Gasteiger partial charge in [-0.25, -0.2) is 0 Å². The number of hydrogen-bond acceptors (Lipinski definition) is 4. The van der Waals surface area contributed by atoms with Crippen molar-refractivity contribution in [3.05, 3.63) is 0 Å². The average Bonchev–Trinajstić information content (AvgIpc) is 2.29. The lowest BCUT2D eigenvalue weighted by molar-refractivity contribution is -0.123. The van der Waals surface area contributed by atoms with Gasteiger partial charge in [-0.3, -0.25) is 13.9 Å². The minimum atomic E-state index is -0.787. The van der Waals surface area contributed by atoms with Gasteiger partial charge >= 0.3 is 0 Å². The first-order valence-electron chi connectivity index (χ1n) is 6.54. The molecule has 3 N–H and O–H groups in total. The van der Waals surface area contributed by atoms with Crippen molar-refractivity contribution in [2.45, 2.75) is 38.3 Å². The molecular formula is C12H25N3O2S. The predicted octanol–water partition coefficient (Wildman–Crippen LogP) is -0.317. The number of nitrogens with two attached hydrogens (primary N) is 1. The highest BCUT2D eigenvalue weighted by Gasteiger charge is 2.18. The first kappa shape index (κ1) is 15.6. The molecule has 0 aliphatic carbocycles. The van der Waals surface area contributed by atoms with Crippen LogP contribution in [0.2, 0.25) is 0 Å². The maximum Gasteiger partial charge on any atom is 0.234 e. The van der Waals surface area contributed by atoms with E-state index in [0.29, 0.717) is 18.3 Å². The highest BCUT2D eigenvalue weighted by molar-refractivity contribution is 7.84. The van der Waals surface area contributed by atoms with Gasteiger partial charge in [0.15, 0.2) is 0 Å². The number of piperidine rings is 1. The maximum absolute atomic E-state index is 11.8. The quantitative estimate of drug-likeness (QED) is 0.697. The van der Waals surface area contributed by atoms with Crippen LogP contribution >= 0.6 is 0 Å². The number of hydrogen-bond donors (Lipinski definition) is 2. The molecule has 18 heavy (non-hydrogen) atoms. The molecule has 2 atom stereocenters. The molecule has 1 heterocycles. The number of carbonyl (C=O) groups excluding carboxylic acids is 1. The number of carbonyl (C=O) groups is 1. The number of likely N-dealkylation sites (tertiary alicyclic amines) is 1. The second-order valence-corrected chi connectivity index (χ2v) is 6.70. The van der Waals surface area contributed by atoms with E-state index in [1.165, 1.54) is 0 Å². The van der Waals surface area contributed by atoms with Crippen LogP contribution in [0.5, 0.6) is 0 Å². The van der Waals surface area contributed by atoms with Crippen LogP contribution in [0.25, 0.3) is 0 Å². The second kappa shape index (κ2) is 7.86. The van der Waals surface area contributed by atoms with Gasteiger partial charge in [-0.05, 0) is 26.2 Å². The van der Waals surface area contributed by atoms with E-state index in [2.05, 4.69) is 10.2 Å². The predicted molar refractivity (Wildman–Crippen MR) is 74.8 cm³/mol. The SMILES string of the molecule is CC(CCS(C)=O)NC(=O)CN1CCC(N)CC1. The molecule has 1 aliphatic rings. The van der Waals surface area contributed by atoms with Crippen molar-refractivity contribution in [2.75, 3.05) is 31.6 Å². The van der Waals surface area contributed by atoms with Crippen LogP contribution < -0.4 is 11.1 Å². The monoisotopic (exact) mass is 275 g/mol. The largest absolute Gasteiger partial charge is 0.353 e. The van der Waals surface area contributed by atoms with Crippen molar-refractivity contribution >= 4 is 16.7 Å². The van der Waals surface area contributed by atoms with Crippen LogP contribution in [0.1, 0.15) is 26.2 Å². The van der Waals surface area contributed by atoms with Crippen LogP contribution in [0, 0.1) is 0 Å². The van der Waals surface area contributed by atoms with Gasteiger partial charge in [0.2, 0.25) is 5.91 Å². The molecule has 1 amide bonds. The molecule has 0 aromatic rings. The topological polar surface area (TPSA) is 75.4 Å². The third-order valence-corrected chi connectivity index (χ3v) is 4.06. The van der Waals surface area contributed by atoms with E-state index in [1.54, 1.807) is 6.26 Å². The third-order valence-electron chi connectivity index (χ3n) is 3.25. The lowest BCUT2D eigenvalue weighted by atomic mass is 10.1. The smallest absolute Gasteiger partial charge is 0.234 e. The molecule has 6 heteroatoms. The molecule has 1 rings (SSSR count). The van der Waals surface area contributed by atoms with Gasteiger partial charge in [-0.1, -0.05) is 0 Å². The minimum Gasteiger partial charge on any atom is -0.353 e. The zero-order valence-corrected chi connectivity index (χ0v) is 12.2. The number of amides is 1. The van der Waals surface area contributed by atoms with E-state index in [-0.39, 0.29) is 11.9 Å². The Labute approximate surface area is 112 Å². The summed E-state index contributed by atoms with van der Waals surface area (Å²) < 4.78 is 11.0. The molecule has 0 radical (unpaired) electrons. The van der Waals surface area contributed by atoms with Gasteiger partial charge in [0.1, 0.15) is 0 Å². The summed E-state index contributed by atoms with van der Waals surface area (Å²) in [4.78, 5) is 13.9. The number of nitrogens with zero attached hydrogens (tertiary/aromatic N) is 1. The fraction of sp³-hybridized carbons (Fsp3) is 0.917. The average molecular weight is 275 g/mol. The zero-order valence-electron chi connectivity index (χ0n) is 11.4. The van der Waals surface area contributed by atoms with Crippen LogP contribution in [0.15, 0.2) is 0 Å². The molecule has 2 unspecified atom stereocenters. The second-order valence-electron chi connectivity index (χ2n) is 5.15. The fourth-order valence-corrected chi connectivity index (χ4v) is 2.73. The van der Waals surface area contributed by atoms with Crippen LogP contribution in [0.3, 0.4) is 0 Å². The third kappa shape index (κ3) is 6.47. The van der Waals surface area contributed by atoms with Gasteiger partial charge in [-0.2, -0.15) is 0 Å². The summed E-state index contributed by atoms with van der Waals surface area (Å²) in [6.45, 7) is 4.22. The van der Waals surface area contributed by atoms with E-state index in [9.17, 15) is 9.00 Å². The highest BCUT2D eigenvalue weighted by Crippen LogP contribution is 2.07. The van der Waals surface area contributed by atoms with Gasteiger partial charge in [0.25, 0.3) is 0 Å². The van der Waals surface area contributed by atoms with Crippen LogP contribution in [-0.4, -0.2) is 58.7 Å². The number of nitrogens with one attached hydrogen (secondary N) is 1.